The molecule has 0 radical (unpaired) electrons. The maximum Gasteiger partial charge on any atom is 0.336 e. The Morgan fingerprint density at radius 1 is 1.17 bits per heavy atom. The van der Waals surface area contributed by atoms with Gasteiger partial charge in [-0.2, -0.15) is 0 Å². The minimum absolute atomic E-state index is 0.0120. The first kappa shape index (κ1) is 16.1. The summed E-state index contributed by atoms with van der Waals surface area (Å²) >= 11 is 1.56. The van der Waals surface area contributed by atoms with Gasteiger partial charge in [-0.3, -0.25) is 0 Å². The molecule has 4 nitrogen and oxygen atoms in total. The van der Waals surface area contributed by atoms with Crippen molar-refractivity contribution < 1.29 is 14.6 Å². The Hall–Kier alpha value is -1.82. The van der Waals surface area contributed by atoms with E-state index in [-0.39, 0.29) is 11.4 Å². The summed E-state index contributed by atoms with van der Waals surface area (Å²) < 4.78 is 5.94. The molecule has 23 heavy (non-hydrogen) atoms. The molecule has 1 fully saturated rings. The van der Waals surface area contributed by atoms with Gasteiger partial charge >= 0.3 is 5.97 Å². The lowest BCUT2D eigenvalue weighted by Crippen LogP contribution is -2.41. The SMILES string of the molecule is O=C(O)c1ccccc1SC(c1ccccc1)[C@@H]1CNCCO1. The van der Waals surface area contributed by atoms with Crippen molar-refractivity contribution in [2.24, 2.45) is 0 Å². The second kappa shape index (κ2) is 7.64. The van der Waals surface area contributed by atoms with E-state index < -0.39 is 5.97 Å². The van der Waals surface area contributed by atoms with E-state index in [2.05, 4.69) is 17.4 Å². The topological polar surface area (TPSA) is 58.6 Å². The molecule has 1 saturated heterocycles. The Morgan fingerprint density at radius 2 is 1.91 bits per heavy atom. The standard InChI is InChI=1S/C18H19NO3S/c20-18(21)14-8-4-5-9-16(14)23-17(13-6-2-1-3-7-13)15-12-19-10-11-22-15/h1-9,15,17,19H,10-12H2,(H,20,21)/t15-,17?/m0/s1. The number of ether oxygens (including phenoxy) is 1. The van der Waals surface area contributed by atoms with Gasteiger partial charge in [-0.25, -0.2) is 4.79 Å². The molecule has 1 aliphatic rings. The molecular weight excluding hydrogens is 310 g/mol. The summed E-state index contributed by atoms with van der Waals surface area (Å²) in [4.78, 5) is 12.2. The van der Waals surface area contributed by atoms with Gasteiger partial charge in [-0.05, 0) is 17.7 Å². The third-order valence-corrected chi connectivity index (χ3v) is 5.23. The van der Waals surface area contributed by atoms with Crippen LogP contribution in [0.4, 0.5) is 0 Å². The van der Waals surface area contributed by atoms with E-state index in [9.17, 15) is 9.90 Å². The van der Waals surface area contributed by atoms with Gasteiger partial charge in [0.15, 0.2) is 0 Å². The van der Waals surface area contributed by atoms with Crippen molar-refractivity contribution in [1.29, 1.82) is 0 Å². The fourth-order valence-corrected chi connectivity index (χ4v) is 4.00. The zero-order valence-corrected chi connectivity index (χ0v) is 13.5. The molecule has 2 N–H and O–H groups in total. The summed E-state index contributed by atoms with van der Waals surface area (Å²) in [6, 6.07) is 17.3. The molecule has 1 aliphatic heterocycles. The van der Waals surface area contributed by atoms with Crippen molar-refractivity contribution in [2.45, 2.75) is 16.2 Å². The summed E-state index contributed by atoms with van der Waals surface area (Å²) in [5.41, 5.74) is 1.48. The lowest BCUT2D eigenvalue weighted by Gasteiger charge is -2.31. The maximum absolute atomic E-state index is 11.5. The highest BCUT2D eigenvalue weighted by Crippen LogP contribution is 2.40. The third kappa shape index (κ3) is 3.93. The number of aromatic carboxylic acids is 1. The predicted octanol–water partition coefficient (Wildman–Crippen LogP) is 3.21. The van der Waals surface area contributed by atoms with Gasteiger partial charge in [0.05, 0.1) is 23.5 Å². The average molecular weight is 329 g/mol. The van der Waals surface area contributed by atoms with E-state index in [4.69, 9.17) is 4.74 Å². The highest BCUT2D eigenvalue weighted by atomic mass is 32.2. The van der Waals surface area contributed by atoms with Gasteiger partial charge in [0.25, 0.3) is 0 Å². The number of rotatable bonds is 5. The van der Waals surface area contributed by atoms with Crippen LogP contribution >= 0.6 is 11.8 Å². The van der Waals surface area contributed by atoms with Crippen LogP contribution in [0.15, 0.2) is 59.5 Å². The lowest BCUT2D eigenvalue weighted by atomic mass is 10.1. The Bertz CT molecular complexity index is 656. The predicted molar refractivity (Wildman–Crippen MR) is 91.1 cm³/mol. The molecule has 120 valence electrons. The van der Waals surface area contributed by atoms with Crippen LogP contribution in [0.3, 0.4) is 0 Å². The minimum atomic E-state index is -0.900. The van der Waals surface area contributed by atoms with E-state index in [0.29, 0.717) is 12.2 Å². The van der Waals surface area contributed by atoms with E-state index in [1.807, 2.05) is 30.3 Å². The molecule has 0 aromatic heterocycles. The van der Waals surface area contributed by atoms with E-state index in [0.717, 1.165) is 23.5 Å². The van der Waals surface area contributed by atoms with Gasteiger partial charge < -0.3 is 15.2 Å². The highest BCUT2D eigenvalue weighted by molar-refractivity contribution is 7.99. The van der Waals surface area contributed by atoms with Gasteiger partial charge in [0.2, 0.25) is 0 Å². The summed E-state index contributed by atoms with van der Waals surface area (Å²) in [6.45, 7) is 2.30. The summed E-state index contributed by atoms with van der Waals surface area (Å²) in [5.74, 6) is -0.900. The quantitative estimate of drug-likeness (QED) is 0.825. The van der Waals surface area contributed by atoms with Crippen LogP contribution in [0.25, 0.3) is 0 Å². The number of benzene rings is 2. The molecule has 2 atom stereocenters. The Balaban J connectivity index is 1.91. The molecule has 0 saturated carbocycles. The van der Waals surface area contributed by atoms with Crippen molar-refractivity contribution in [3.63, 3.8) is 0 Å². The lowest BCUT2D eigenvalue weighted by molar-refractivity contribution is 0.0273. The minimum Gasteiger partial charge on any atom is -0.478 e. The maximum atomic E-state index is 11.5. The molecule has 0 spiro atoms. The largest absolute Gasteiger partial charge is 0.478 e. The molecule has 5 heteroatoms. The first-order chi connectivity index (χ1) is 11.3. The van der Waals surface area contributed by atoms with E-state index in [1.165, 1.54) is 0 Å². The zero-order chi connectivity index (χ0) is 16.1. The molecule has 2 aromatic carbocycles. The van der Waals surface area contributed by atoms with Gasteiger partial charge in [-0.1, -0.05) is 42.5 Å². The van der Waals surface area contributed by atoms with Crippen LogP contribution in [-0.4, -0.2) is 36.9 Å². The van der Waals surface area contributed by atoms with Crippen LogP contribution in [-0.2, 0) is 4.74 Å². The molecule has 3 rings (SSSR count). The Kier molecular flexibility index (Phi) is 5.33. The second-order valence-corrected chi connectivity index (χ2v) is 6.55. The van der Waals surface area contributed by atoms with Gasteiger partial charge in [0, 0.05) is 18.0 Å². The third-order valence-electron chi connectivity index (χ3n) is 3.79. The first-order valence-electron chi connectivity index (χ1n) is 7.62. The number of thioether (sulfide) groups is 1. The monoisotopic (exact) mass is 329 g/mol. The second-order valence-electron chi connectivity index (χ2n) is 5.36. The van der Waals surface area contributed by atoms with Crippen LogP contribution in [0.5, 0.6) is 0 Å². The smallest absolute Gasteiger partial charge is 0.336 e. The summed E-state index contributed by atoms with van der Waals surface area (Å²) in [7, 11) is 0. The summed E-state index contributed by atoms with van der Waals surface area (Å²) in [6.07, 6.45) is 0.0120. The van der Waals surface area contributed by atoms with Crippen molar-refractivity contribution in [3.05, 3.63) is 65.7 Å². The van der Waals surface area contributed by atoms with Crippen molar-refractivity contribution in [2.75, 3.05) is 19.7 Å². The molecule has 0 aliphatic carbocycles. The van der Waals surface area contributed by atoms with E-state index in [1.54, 1.807) is 23.9 Å². The first-order valence-corrected chi connectivity index (χ1v) is 8.50. The van der Waals surface area contributed by atoms with Gasteiger partial charge in [0.1, 0.15) is 0 Å². The number of nitrogens with one attached hydrogen (secondary N) is 1. The molecule has 1 unspecified atom stereocenters. The Morgan fingerprint density at radius 3 is 2.61 bits per heavy atom. The Labute approximate surface area is 139 Å². The number of carboxylic acid groups (broad SMARTS) is 1. The molecule has 2 aromatic rings. The number of hydrogen-bond acceptors (Lipinski definition) is 4. The van der Waals surface area contributed by atoms with Crippen LogP contribution in [0.1, 0.15) is 21.2 Å². The number of hydrogen-bond donors (Lipinski definition) is 2. The normalized spacial score (nSPS) is 19.2. The molecular formula is C18H19NO3S. The zero-order valence-electron chi connectivity index (χ0n) is 12.6. The fourth-order valence-electron chi connectivity index (χ4n) is 2.66. The number of carboxylic acids is 1. The number of morpholine rings is 1. The van der Waals surface area contributed by atoms with Crippen molar-refractivity contribution in [1.82, 2.24) is 5.32 Å². The molecule has 1 heterocycles. The highest BCUT2D eigenvalue weighted by Gasteiger charge is 2.28. The fraction of sp³-hybridized carbons (Fsp3) is 0.278. The summed E-state index contributed by atoms with van der Waals surface area (Å²) in [5, 5.41) is 12.8. The van der Waals surface area contributed by atoms with Crippen molar-refractivity contribution in [3.8, 4) is 0 Å². The molecule has 0 bridgehead atoms. The van der Waals surface area contributed by atoms with Crippen molar-refractivity contribution >= 4 is 17.7 Å². The van der Waals surface area contributed by atoms with Crippen LogP contribution < -0.4 is 5.32 Å². The van der Waals surface area contributed by atoms with E-state index >= 15 is 0 Å². The number of carbonyl (C=O) groups is 1. The molecule has 0 amide bonds. The van der Waals surface area contributed by atoms with Crippen LogP contribution in [0, 0.1) is 0 Å². The van der Waals surface area contributed by atoms with Gasteiger partial charge in [-0.15, -0.1) is 11.8 Å². The van der Waals surface area contributed by atoms with Crippen LogP contribution in [0.2, 0.25) is 0 Å². The average Bonchev–Trinajstić information content (AvgIpc) is 2.61.